The van der Waals surface area contributed by atoms with E-state index in [1.54, 1.807) is 36.9 Å². The van der Waals surface area contributed by atoms with Crippen LogP contribution >= 0.6 is 11.3 Å². The number of aryl methyl sites for hydroxylation is 1. The zero-order valence-electron chi connectivity index (χ0n) is 13.4. The number of ether oxygens (including phenoxy) is 1. The largest absolute Gasteiger partial charge is 0.493 e. The van der Waals surface area contributed by atoms with Gasteiger partial charge in [-0.2, -0.15) is 4.99 Å². The van der Waals surface area contributed by atoms with Gasteiger partial charge in [0.25, 0.3) is 0 Å². The van der Waals surface area contributed by atoms with Crippen LogP contribution < -0.4 is 9.54 Å². The van der Waals surface area contributed by atoms with Crippen LogP contribution in [0.1, 0.15) is 10.6 Å². The van der Waals surface area contributed by atoms with Gasteiger partial charge in [0.05, 0.1) is 17.3 Å². The minimum Gasteiger partial charge on any atom is -0.493 e. The Hall–Kier alpha value is -2.93. The molecule has 0 fully saturated rings. The molecule has 2 heterocycles. The quantitative estimate of drug-likeness (QED) is 0.548. The summed E-state index contributed by atoms with van der Waals surface area (Å²) < 4.78 is 26.7. The number of methoxy groups -OCH3 is 1. The highest BCUT2D eigenvalue weighted by Gasteiger charge is 2.15. The first-order valence-corrected chi connectivity index (χ1v) is 8.29. The van der Waals surface area contributed by atoms with E-state index in [4.69, 9.17) is 9.15 Å². The van der Waals surface area contributed by atoms with Crippen LogP contribution in [-0.4, -0.2) is 17.6 Å². The molecule has 0 atom stereocenters. The number of rotatable bonds is 2. The minimum atomic E-state index is -0.499. The molecule has 1 amide bonds. The molecular weight excluding hydrogens is 343 g/mol. The Balaban J connectivity index is 1.82. The van der Waals surface area contributed by atoms with Crippen LogP contribution in [0.15, 0.2) is 51.9 Å². The van der Waals surface area contributed by atoms with Gasteiger partial charge < -0.3 is 13.7 Å². The molecule has 0 saturated heterocycles. The second-order valence-corrected chi connectivity index (χ2v) is 6.47. The summed E-state index contributed by atoms with van der Waals surface area (Å²) in [7, 11) is 3.32. The Bertz CT molecular complexity index is 1190. The van der Waals surface area contributed by atoms with Crippen molar-refractivity contribution in [3.63, 3.8) is 0 Å². The fourth-order valence-corrected chi connectivity index (χ4v) is 3.70. The number of hydrogen-bond donors (Lipinski definition) is 0. The normalized spacial score (nSPS) is 12.2. The van der Waals surface area contributed by atoms with Crippen LogP contribution in [0.25, 0.3) is 21.2 Å². The summed E-state index contributed by atoms with van der Waals surface area (Å²) in [5.41, 5.74) is 1.32. The summed E-state index contributed by atoms with van der Waals surface area (Å²) in [4.78, 5) is 17.1. The predicted octanol–water partition coefficient (Wildman–Crippen LogP) is 3.87. The number of benzene rings is 2. The molecule has 126 valence electrons. The standard InChI is InChI=1S/C18H13FN2O3S/c1-21-12-7-6-11(19)9-15(12)25-18(21)20-17(22)14-8-10-4-3-5-13(23-2)16(10)24-14/h3-9H,1-2H3. The van der Waals surface area contributed by atoms with Gasteiger partial charge in [-0.25, -0.2) is 4.39 Å². The minimum absolute atomic E-state index is 0.128. The second kappa shape index (κ2) is 5.86. The first-order chi connectivity index (χ1) is 12.1. The third kappa shape index (κ3) is 2.62. The number of halogens is 1. The molecule has 25 heavy (non-hydrogen) atoms. The van der Waals surface area contributed by atoms with Crippen LogP contribution in [-0.2, 0) is 7.05 Å². The third-order valence-electron chi connectivity index (χ3n) is 3.91. The van der Waals surface area contributed by atoms with Gasteiger partial charge in [-0.3, -0.25) is 4.79 Å². The van der Waals surface area contributed by atoms with Gasteiger partial charge >= 0.3 is 5.91 Å². The maximum absolute atomic E-state index is 13.4. The van der Waals surface area contributed by atoms with Crippen molar-refractivity contribution >= 4 is 38.4 Å². The van der Waals surface area contributed by atoms with Crippen LogP contribution in [0.2, 0.25) is 0 Å². The topological polar surface area (TPSA) is 56.7 Å². The molecule has 0 aliphatic carbocycles. The molecule has 0 spiro atoms. The van der Waals surface area contributed by atoms with E-state index in [0.29, 0.717) is 16.1 Å². The number of aromatic nitrogens is 1. The SMILES string of the molecule is COc1cccc2cc(C(=O)N=c3sc4cc(F)ccc4n3C)oc12. The molecule has 0 aliphatic heterocycles. The van der Waals surface area contributed by atoms with E-state index in [0.717, 1.165) is 15.6 Å². The fourth-order valence-electron chi connectivity index (χ4n) is 2.66. The highest BCUT2D eigenvalue weighted by Crippen LogP contribution is 2.28. The lowest BCUT2D eigenvalue weighted by Gasteiger charge is -1.98. The Morgan fingerprint density at radius 2 is 2.12 bits per heavy atom. The monoisotopic (exact) mass is 356 g/mol. The molecule has 0 radical (unpaired) electrons. The molecule has 0 unspecified atom stereocenters. The number of amides is 1. The highest BCUT2D eigenvalue weighted by molar-refractivity contribution is 7.16. The number of nitrogens with zero attached hydrogens (tertiary/aromatic N) is 2. The van der Waals surface area contributed by atoms with Crippen molar-refractivity contribution in [3.05, 3.63) is 58.8 Å². The first-order valence-electron chi connectivity index (χ1n) is 7.47. The van der Waals surface area contributed by atoms with Crippen molar-refractivity contribution in [2.24, 2.45) is 12.0 Å². The van der Waals surface area contributed by atoms with Crippen LogP contribution in [0, 0.1) is 5.82 Å². The summed E-state index contributed by atoms with van der Waals surface area (Å²) >= 11 is 1.24. The summed E-state index contributed by atoms with van der Waals surface area (Å²) in [6.07, 6.45) is 0. The molecular formula is C18H13FN2O3S. The summed E-state index contributed by atoms with van der Waals surface area (Å²) in [6.45, 7) is 0. The number of fused-ring (bicyclic) bond motifs is 2. The number of para-hydroxylation sites is 1. The predicted molar refractivity (Wildman–Crippen MR) is 93.4 cm³/mol. The van der Waals surface area contributed by atoms with E-state index in [2.05, 4.69) is 4.99 Å². The van der Waals surface area contributed by atoms with Crippen LogP contribution in [0.5, 0.6) is 5.75 Å². The summed E-state index contributed by atoms with van der Waals surface area (Å²) in [6, 6.07) is 11.5. The van der Waals surface area contributed by atoms with Crippen LogP contribution in [0.4, 0.5) is 4.39 Å². The number of carbonyl (C=O) groups excluding carboxylic acids is 1. The van der Waals surface area contributed by atoms with E-state index in [9.17, 15) is 9.18 Å². The van der Waals surface area contributed by atoms with Crippen molar-refractivity contribution in [3.8, 4) is 5.75 Å². The van der Waals surface area contributed by atoms with E-state index in [-0.39, 0.29) is 11.6 Å². The van der Waals surface area contributed by atoms with Gasteiger partial charge in [0.2, 0.25) is 0 Å². The van der Waals surface area contributed by atoms with Gasteiger partial charge in [0.15, 0.2) is 21.9 Å². The second-order valence-electron chi connectivity index (χ2n) is 5.46. The lowest BCUT2D eigenvalue weighted by Crippen LogP contribution is -2.12. The molecule has 0 aliphatic rings. The average Bonchev–Trinajstić information content (AvgIpc) is 3.16. The van der Waals surface area contributed by atoms with E-state index in [1.165, 1.54) is 23.5 Å². The number of hydrogen-bond acceptors (Lipinski definition) is 4. The third-order valence-corrected chi connectivity index (χ3v) is 5.00. The van der Waals surface area contributed by atoms with Crippen molar-refractivity contribution in [1.82, 2.24) is 4.57 Å². The average molecular weight is 356 g/mol. The highest BCUT2D eigenvalue weighted by atomic mass is 32.1. The van der Waals surface area contributed by atoms with E-state index in [1.807, 2.05) is 12.1 Å². The Morgan fingerprint density at radius 3 is 2.92 bits per heavy atom. The van der Waals surface area contributed by atoms with Crippen molar-refractivity contribution < 1.29 is 18.3 Å². The molecule has 4 aromatic rings. The molecule has 0 bridgehead atoms. The van der Waals surface area contributed by atoms with Gasteiger partial charge in [-0.05, 0) is 30.3 Å². The van der Waals surface area contributed by atoms with Crippen molar-refractivity contribution in [2.75, 3.05) is 7.11 Å². The first kappa shape index (κ1) is 15.6. The van der Waals surface area contributed by atoms with Gasteiger partial charge in [0, 0.05) is 12.4 Å². The summed E-state index contributed by atoms with van der Waals surface area (Å²) in [5.74, 6) is -0.139. The molecule has 2 aromatic carbocycles. The molecule has 5 nitrogen and oxygen atoms in total. The number of thiazole rings is 1. The Labute approximate surface area is 145 Å². The summed E-state index contributed by atoms with van der Waals surface area (Å²) in [5, 5.41) is 0.765. The molecule has 4 rings (SSSR count). The maximum Gasteiger partial charge on any atom is 0.315 e. The van der Waals surface area contributed by atoms with Gasteiger partial charge in [0.1, 0.15) is 5.82 Å². The number of furan rings is 1. The van der Waals surface area contributed by atoms with E-state index < -0.39 is 5.91 Å². The van der Waals surface area contributed by atoms with Crippen LogP contribution in [0.3, 0.4) is 0 Å². The molecule has 7 heteroatoms. The fraction of sp³-hybridized carbons (Fsp3) is 0.111. The maximum atomic E-state index is 13.4. The van der Waals surface area contributed by atoms with Gasteiger partial charge in [-0.1, -0.05) is 23.5 Å². The zero-order valence-corrected chi connectivity index (χ0v) is 14.3. The Morgan fingerprint density at radius 1 is 1.28 bits per heavy atom. The van der Waals surface area contributed by atoms with Crippen molar-refractivity contribution in [1.29, 1.82) is 0 Å². The smallest absolute Gasteiger partial charge is 0.315 e. The van der Waals surface area contributed by atoms with Gasteiger partial charge in [-0.15, -0.1) is 0 Å². The number of carbonyl (C=O) groups is 1. The lowest BCUT2D eigenvalue weighted by atomic mass is 10.2. The molecule has 2 aromatic heterocycles. The van der Waals surface area contributed by atoms with E-state index >= 15 is 0 Å². The molecule has 0 N–H and O–H groups in total. The van der Waals surface area contributed by atoms with Crippen molar-refractivity contribution in [2.45, 2.75) is 0 Å². The Kier molecular flexibility index (Phi) is 3.65. The zero-order chi connectivity index (χ0) is 17.6. The lowest BCUT2D eigenvalue weighted by molar-refractivity contribution is 0.0973. The molecule has 0 saturated carbocycles.